The van der Waals surface area contributed by atoms with Gasteiger partial charge in [-0.25, -0.2) is 0 Å². The number of rotatable bonds is 7. The van der Waals surface area contributed by atoms with Crippen molar-refractivity contribution in [2.45, 2.75) is 38.4 Å². The molecule has 3 rings (SSSR count). The summed E-state index contributed by atoms with van der Waals surface area (Å²) in [4.78, 5) is 37.6. The van der Waals surface area contributed by atoms with Crippen LogP contribution in [-0.2, 0) is 11.3 Å². The van der Waals surface area contributed by atoms with Crippen molar-refractivity contribution in [1.29, 1.82) is 0 Å². The third kappa shape index (κ3) is 5.87. The predicted molar refractivity (Wildman–Crippen MR) is 113 cm³/mol. The van der Waals surface area contributed by atoms with Gasteiger partial charge in [-0.3, -0.25) is 24.6 Å². The maximum atomic E-state index is 12.6. The molecule has 0 aliphatic carbocycles. The Morgan fingerprint density at radius 2 is 1.97 bits per heavy atom. The molecule has 2 aromatic rings. The van der Waals surface area contributed by atoms with Gasteiger partial charge in [0.05, 0.1) is 4.92 Å². The van der Waals surface area contributed by atoms with E-state index >= 15 is 0 Å². The Bertz CT molecular complexity index is 903. The average molecular weight is 410 g/mol. The van der Waals surface area contributed by atoms with Crippen LogP contribution in [0.25, 0.3) is 0 Å². The number of carbonyl (C=O) groups excluding carboxylic acids is 2. The van der Waals surface area contributed by atoms with Gasteiger partial charge in [0, 0.05) is 36.8 Å². The lowest BCUT2D eigenvalue weighted by Crippen LogP contribution is -2.52. The molecule has 0 saturated carbocycles. The highest BCUT2D eigenvalue weighted by Gasteiger charge is 2.24. The lowest BCUT2D eigenvalue weighted by atomic mass is 10.0. The summed E-state index contributed by atoms with van der Waals surface area (Å²) in [6.07, 6.45) is 1.88. The topological polar surface area (TPSA) is 105 Å². The largest absolute Gasteiger partial charge is 0.350 e. The second-order valence-electron chi connectivity index (χ2n) is 7.57. The highest BCUT2D eigenvalue weighted by molar-refractivity contribution is 5.97. The molecule has 2 aromatic carbocycles. The Balaban J connectivity index is 1.51. The number of nitro benzene ring substituents is 1. The molecule has 2 amide bonds. The number of nitrogens with one attached hydrogen (secondary N) is 2. The molecule has 158 valence electrons. The number of nitro groups is 1. The first kappa shape index (κ1) is 21.4. The Kier molecular flexibility index (Phi) is 7.13. The van der Waals surface area contributed by atoms with E-state index in [-0.39, 0.29) is 23.2 Å². The first-order valence-electron chi connectivity index (χ1n) is 10.0. The highest BCUT2D eigenvalue weighted by atomic mass is 16.6. The van der Waals surface area contributed by atoms with E-state index < -0.39 is 16.9 Å². The summed E-state index contributed by atoms with van der Waals surface area (Å²) < 4.78 is 0. The molecule has 0 aromatic heterocycles. The van der Waals surface area contributed by atoms with Crippen LogP contribution in [0, 0.1) is 10.1 Å². The van der Waals surface area contributed by atoms with E-state index in [9.17, 15) is 19.7 Å². The lowest BCUT2D eigenvalue weighted by Gasteiger charge is -2.33. The smallest absolute Gasteiger partial charge is 0.270 e. The van der Waals surface area contributed by atoms with Gasteiger partial charge in [0.2, 0.25) is 5.91 Å². The van der Waals surface area contributed by atoms with E-state index in [1.807, 2.05) is 18.2 Å². The van der Waals surface area contributed by atoms with Crippen LogP contribution in [0.5, 0.6) is 0 Å². The fourth-order valence-electron chi connectivity index (χ4n) is 3.59. The average Bonchev–Trinajstić information content (AvgIpc) is 2.74. The van der Waals surface area contributed by atoms with Crippen LogP contribution in [0.1, 0.15) is 35.7 Å². The van der Waals surface area contributed by atoms with Crippen LogP contribution in [0.2, 0.25) is 0 Å². The van der Waals surface area contributed by atoms with Crippen LogP contribution in [-0.4, -0.2) is 46.8 Å². The van der Waals surface area contributed by atoms with Crippen molar-refractivity contribution < 1.29 is 14.5 Å². The zero-order valence-corrected chi connectivity index (χ0v) is 16.9. The second kappa shape index (κ2) is 9.98. The summed E-state index contributed by atoms with van der Waals surface area (Å²) in [5, 5.41) is 16.5. The molecule has 1 fully saturated rings. The van der Waals surface area contributed by atoms with Gasteiger partial charge >= 0.3 is 0 Å². The zero-order chi connectivity index (χ0) is 21.5. The van der Waals surface area contributed by atoms with E-state index in [0.29, 0.717) is 0 Å². The van der Waals surface area contributed by atoms with Crippen LogP contribution in [0.3, 0.4) is 0 Å². The van der Waals surface area contributed by atoms with Crippen LogP contribution in [0.4, 0.5) is 5.69 Å². The van der Waals surface area contributed by atoms with E-state index in [1.54, 1.807) is 6.92 Å². The molecule has 2 unspecified atom stereocenters. The number of hydrogen-bond donors (Lipinski definition) is 2. The lowest BCUT2D eigenvalue weighted by molar-refractivity contribution is -0.384. The SMILES string of the molecule is CC(NC(=O)c1cccc([N+](=O)[O-])c1)C(=O)NC1CCCN(Cc2ccccc2)C1. The number of hydrogen-bond acceptors (Lipinski definition) is 5. The number of likely N-dealkylation sites (tertiary alicyclic amines) is 1. The van der Waals surface area contributed by atoms with E-state index in [0.717, 1.165) is 32.5 Å². The number of benzene rings is 2. The number of carbonyl (C=O) groups is 2. The second-order valence-corrected chi connectivity index (χ2v) is 7.57. The van der Waals surface area contributed by atoms with Crippen LogP contribution in [0.15, 0.2) is 54.6 Å². The Labute approximate surface area is 175 Å². The molecule has 30 heavy (non-hydrogen) atoms. The normalized spacial score (nSPS) is 17.7. The molecule has 8 heteroatoms. The predicted octanol–water partition coefficient (Wildman–Crippen LogP) is 2.49. The minimum atomic E-state index is -0.749. The first-order chi connectivity index (χ1) is 14.4. The molecule has 1 heterocycles. The van der Waals surface area contributed by atoms with E-state index in [2.05, 4.69) is 27.7 Å². The molecule has 1 aliphatic rings. The van der Waals surface area contributed by atoms with Gasteiger partial charge in [-0.05, 0) is 37.9 Å². The van der Waals surface area contributed by atoms with Crippen molar-refractivity contribution in [1.82, 2.24) is 15.5 Å². The molecule has 0 radical (unpaired) electrons. The highest BCUT2D eigenvalue weighted by Crippen LogP contribution is 2.15. The van der Waals surface area contributed by atoms with Gasteiger partial charge in [-0.2, -0.15) is 0 Å². The summed E-state index contributed by atoms with van der Waals surface area (Å²) in [6.45, 7) is 4.19. The molecule has 1 saturated heterocycles. The number of nitrogens with zero attached hydrogens (tertiary/aromatic N) is 2. The van der Waals surface area contributed by atoms with Gasteiger partial charge in [0.25, 0.3) is 11.6 Å². The van der Waals surface area contributed by atoms with Crippen molar-refractivity contribution in [3.05, 3.63) is 75.8 Å². The summed E-state index contributed by atoms with van der Waals surface area (Å²) in [5.74, 6) is -0.781. The monoisotopic (exact) mass is 410 g/mol. The van der Waals surface area contributed by atoms with Gasteiger partial charge < -0.3 is 10.6 Å². The third-order valence-corrected chi connectivity index (χ3v) is 5.16. The minimum absolute atomic E-state index is 0.0205. The molecule has 1 aliphatic heterocycles. The van der Waals surface area contributed by atoms with E-state index in [1.165, 1.54) is 29.8 Å². The molecular formula is C22H26N4O4. The Morgan fingerprint density at radius 3 is 2.70 bits per heavy atom. The number of piperidine rings is 1. The summed E-state index contributed by atoms with van der Waals surface area (Å²) in [5.41, 5.74) is 1.22. The quantitative estimate of drug-likeness (QED) is 0.539. The maximum absolute atomic E-state index is 12.6. The van der Waals surface area contributed by atoms with Gasteiger partial charge in [-0.15, -0.1) is 0 Å². The Morgan fingerprint density at radius 1 is 1.20 bits per heavy atom. The van der Waals surface area contributed by atoms with Crippen molar-refractivity contribution in [3.8, 4) is 0 Å². The van der Waals surface area contributed by atoms with Crippen molar-refractivity contribution in [3.63, 3.8) is 0 Å². The van der Waals surface area contributed by atoms with Crippen LogP contribution >= 0.6 is 0 Å². The minimum Gasteiger partial charge on any atom is -0.350 e. The van der Waals surface area contributed by atoms with Gasteiger partial charge in [-0.1, -0.05) is 36.4 Å². The fourth-order valence-corrected chi connectivity index (χ4v) is 3.59. The third-order valence-electron chi connectivity index (χ3n) is 5.16. The van der Waals surface area contributed by atoms with Gasteiger partial charge in [0.1, 0.15) is 6.04 Å². The summed E-state index contributed by atoms with van der Waals surface area (Å²) in [6, 6.07) is 14.9. The fraction of sp³-hybridized carbons (Fsp3) is 0.364. The molecule has 2 N–H and O–H groups in total. The standard InChI is InChI=1S/C22H26N4O4/c1-16(23-22(28)18-9-5-11-20(13-18)26(29)30)21(27)24-19-10-6-12-25(15-19)14-17-7-3-2-4-8-17/h2-5,7-9,11,13,16,19H,6,10,12,14-15H2,1H3,(H,23,28)(H,24,27). The van der Waals surface area contributed by atoms with Crippen molar-refractivity contribution >= 4 is 17.5 Å². The number of amides is 2. The number of non-ortho nitro benzene ring substituents is 1. The maximum Gasteiger partial charge on any atom is 0.270 e. The molecule has 0 spiro atoms. The zero-order valence-electron chi connectivity index (χ0n) is 16.9. The van der Waals surface area contributed by atoms with Gasteiger partial charge in [0.15, 0.2) is 0 Å². The molecule has 2 atom stereocenters. The van der Waals surface area contributed by atoms with E-state index in [4.69, 9.17) is 0 Å². The van der Waals surface area contributed by atoms with Crippen molar-refractivity contribution in [2.75, 3.05) is 13.1 Å². The first-order valence-corrected chi connectivity index (χ1v) is 10.0. The summed E-state index contributed by atoms with van der Waals surface area (Å²) in [7, 11) is 0. The molecular weight excluding hydrogens is 384 g/mol. The van der Waals surface area contributed by atoms with Crippen LogP contribution < -0.4 is 10.6 Å². The van der Waals surface area contributed by atoms with Crippen molar-refractivity contribution in [2.24, 2.45) is 0 Å². The molecule has 0 bridgehead atoms. The summed E-state index contributed by atoms with van der Waals surface area (Å²) >= 11 is 0. The molecule has 8 nitrogen and oxygen atoms in total. The Hall–Kier alpha value is -3.26.